The second kappa shape index (κ2) is 62.4. The van der Waals surface area contributed by atoms with Gasteiger partial charge in [0.05, 0.1) is 72.4 Å². The number of hydrogen-bond acceptors (Lipinski definition) is 33. The van der Waals surface area contributed by atoms with Crippen LogP contribution in [0, 0.1) is 79.9 Å². The zero-order valence-corrected chi connectivity index (χ0v) is 65.5. The van der Waals surface area contributed by atoms with E-state index >= 15 is 0 Å². The number of rotatable bonds is 55. The molecule has 5 amide bonds. The van der Waals surface area contributed by atoms with E-state index in [0.29, 0.717) is 0 Å². The summed E-state index contributed by atoms with van der Waals surface area (Å²) in [6, 6.07) is -5.44. The molecule has 0 aliphatic carbocycles. The number of carboxylic acids is 10. The van der Waals surface area contributed by atoms with Crippen LogP contribution in [0.15, 0.2) is 0 Å². The smallest absolute Gasteiger partial charge is 0.549 e. The molecule has 0 aliphatic rings. The van der Waals surface area contributed by atoms with E-state index < -0.39 is 244 Å². The Morgan fingerprint density at radius 2 is 0.638 bits per heavy atom. The first-order valence-electron chi connectivity index (χ1n) is 27.6. The third-order valence-corrected chi connectivity index (χ3v) is 12.8. The van der Waals surface area contributed by atoms with Gasteiger partial charge in [0.2, 0.25) is 29.5 Å². The first-order chi connectivity index (χ1) is 41.3. The van der Waals surface area contributed by atoms with Crippen LogP contribution in [0.1, 0.15) is 70.6 Å². The predicted octanol–water partition coefficient (Wildman–Crippen LogP) is -32.5. The summed E-state index contributed by atoms with van der Waals surface area (Å²) in [6.07, 6.45) is -0.943. The van der Waals surface area contributed by atoms with Gasteiger partial charge in [-0.15, -0.1) is 0 Å². The van der Waals surface area contributed by atoms with Crippen LogP contribution in [0.25, 0.3) is 0 Å². The normalized spacial score (nSPS) is 11.9. The SMILES string of the molecule is NCNC(=O)[C@H](CCCCNC(=O)CCC(C(=O)[O-])N(CCN(CC(=O)[O-])CC(=O)[O-])CCN(CC(=O)[O-])CC(=O)[O-])NC(=O)CCNC(=O)[C@@H](N)CCCCNC(=O)CCC(C(=O)[O-])N(CCN(CC(=O)[O-])CC(=O)[O-])CCN(CC(=O)[O-])CC(=O)[O-].[Gd+3].[Gd+3].[Na+].[Na+].[Na+].[Na+]. The van der Waals surface area contributed by atoms with Gasteiger partial charge in [-0.2, -0.15) is 0 Å². The number of nitrogens with one attached hydrogen (secondary N) is 5. The Morgan fingerprint density at radius 1 is 0.340 bits per heavy atom. The van der Waals surface area contributed by atoms with Crippen molar-refractivity contribution >= 4 is 89.2 Å². The van der Waals surface area contributed by atoms with E-state index in [1.165, 1.54) is 0 Å². The summed E-state index contributed by atoms with van der Waals surface area (Å²) in [4.78, 5) is 184. The Bertz CT molecular complexity index is 2230. The van der Waals surface area contributed by atoms with Crippen LogP contribution >= 0.6 is 0 Å². The number of carbonyl (C=O) groups is 15. The van der Waals surface area contributed by atoms with Crippen LogP contribution in [0.2, 0.25) is 0 Å². The first-order valence-corrected chi connectivity index (χ1v) is 27.6. The van der Waals surface area contributed by atoms with Gasteiger partial charge in [-0.25, -0.2) is 0 Å². The van der Waals surface area contributed by atoms with E-state index in [2.05, 4.69) is 26.6 Å². The zero-order chi connectivity index (χ0) is 66.9. The van der Waals surface area contributed by atoms with Crippen molar-refractivity contribution < 1.29 is 321 Å². The van der Waals surface area contributed by atoms with Crippen LogP contribution in [-0.4, -0.2) is 274 Å². The Hall–Kier alpha value is -1.62. The number of unbranched alkanes of at least 4 members (excludes halogenated alkanes) is 2. The molecule has 94 heavy (non-hydrogen) atoms. The molecule has 0 fully saturated rings. The summed E-state index contributed by atoms with van der Waals surface area (Å²) < 4.78 is 0. The largest absolute Gasteiger partial charge is 3.00 e. The second-order valence-corrected chi connectivity index (χ2v) is 19.8. The Kier molecular flexibility index (Phi) is 70.2. The molecule has 0 spiro atoms. The summed E-state index contributed by atoms with van der Waals surface area (Å²) in [6.45, 7) is -11.0. The molecule has 0 saturated carbocycles. The van der Waals surface area contributed by atoms with Gasteiger partial charge >= 0.3 is 198 Å². The molecule has 0 aromatic carbocycles. The number of hydrogen-bond donors (Lipinski definition) is 7. The molecule has 510 valence electrons. The summed E-state index contributed by atoms with van der Waals surface area (Å²) in [5.74, 6) is -20.2. The summed E-state index contributed by atoms with van der Waals surface area (Å²) in [5, 5.41) is 127. The number of amides is 5. The maximum atomic E-state index is 12.8. The molecular weight excluding hydrogens is 1590 g/mol. The van der Waals surface area contributed by atoms with Gasteiger partial charge < -0.3 is 137 Å². The van der Waals surface area contributed by atoms with Crippen molar-refractivity contribution in [3.8, 4) is 0 Å². The molecule has 0 saturated heterocycles. The molecule has 2 radical (unpaired) electrons. The van der Waals surface area contributed by atoms with E-state index in [4.69, 9.17) is 11.5 Å². The Morgan fingerprint density at radius 3 is 0.915 bits per heavy atom. The standard InChI is InChI=1S/C50H85N13O25.2Gd.4Na/c51-31-56-48(84)33(6-2-4-13-54-37(65)10-8-35(50(87)88)63(21-17-60(27-43(75)76)28-44(77)78)22-18-61(29-45(79)80)30-46(81)82)57-38(66)11-14-55-47(83)32(52)5-1-3-12-53-36(64)9-7-34(49(85)86)62(19-15-58(23-39(67)68)24-40(69)70)20-16-59(25-41(71)72)26-42(73)74;;;;;;/h32-35H,1-31,51-52H2,(H,53,64)(H,54,65)(H,55,83)(H,56,84)(H,57,66)(H,67,68)(H,69,70)(H,71,72)(H,73,74)(H,75,76)(H,77,78)(H,79,80)(H,81,82)(H,85,86)(H,87,88);;;;;;/q;2*+3;4*+1/p-10/t32-,33-,34?,35?;;;;;;/m0....../s1. The van der Waals surface area contributed by atoms with Crippen molar-refractivity contribution in [2.75, 3.05) is 131 Å². The maximum Gasteiger partial charge on any atom is 3.00 e. The zero-order valence-electron chi connectivity index (χ0n) is 53.0. The van der Waals surface area contributed by atoms with Crippen molar-refractivity contribution in [2.24, 2.45) is 11.5 Å². The van der Waals surface area contributed by atoms with Gasteiger partial charge in [-0.1, -0.05) is 0 Å². The van der Waals surface area contributed by atoms with Crippen LogP contribution < -0.4 is 207 Å². The van der Waals surface area contributed by atoms with E-state index in [9.17, 15) is 123 Å². The quantitative estimate of drug-likeness (QED) is 0.0169. The van der Waals surface area contributed by atoms with Crippen LogP contribution in [0.3, 0.4) is 0 Å². The number of carboxylic acid groups (broad SMARTS) is 10. The fourth-order valence-electron chi connectivity index (χ4n) is 8.59. The summed E-state index contributed by atoms with van der Waals surface area (Å²) in [5.41, 5.74) is 11.5. The van der Waals surface area contributed by atoms with Crippen molar-refractivity contribution in [3.05, 3.63) is 0 Å². The van der Waals surface area contributed by atoms with Crippen molar-refractivity contribution in [2.45, 2.75) is 94.8 Å². The third-order valence-electron chi connectivity index (χ3n) is 12.8. The minimum atomic E-state index is -1.74. The second-order valence-electron chi connectivity index (χ2n) is 19.8. The van der Waals surface area contributed by atoms with Gasteiger partial charge in [-0.3, -0.25) is 53.4 Å². The molecule has 0 aromatic rings. The van der Waals surface area contributed by atoms with E-state index in [1.54, 1.807) is 0 Å². The fourth-order valence-corrected chi connectivity index (χ4v) is 8.59. The molecule has 0 heterocycles. The average Bonchev–Trinajstić information content (AvgIpc) is 1.09. The van der Waals surface area contributed by atoms with Crippen LogP contribution in [-0.2, 0) is 71.9 Å². The molecule has 44 heteroatoms. The number of nitrogens with two attached hydrogens (primary N) is 2. The number of carbonyl (C=O) groups excluding carboxylic acids is 15. The van der Waals surface area contributed by atoms with Crippen LogP contribution in [0.4, 0.5) is 0 Å². The minimum absolute atomic E-state index is 0. The Labute approximate surface area is 694 Å². The van der Waals surface area contributed by atoms with Crippen molar-refractivity contribution in [3.63, 3.8) is 0 Å². The summed E-state index contributed by atoms with van der Waals surface area (Å²) in [7, 11) is 0. The van der Waals surface area contributed by atoms with Gasteiger partial charge in [-0.05, 0) is 51.4 Å². The molecule has 38 nitrogen and oxygen atoms in total. The molecular formula is C50H75Gd2N13Na4O25. The minimum Gasteiger partial charge on any atom is -0.549 e. The molecule has 0 aliphatic heterocycles. The van der Waals surface area contributed by atoms with Crippen LogP contribution in [0.5, 0.6) is 0 Å². The topological polar surface area (TPSA) is 618 Å². The molecule has 0 bridgehead atoms. The average molecular weight is 1660 g/mol. The molecule has 4 atom stereocenters. The first kappa shape index (κ1) is 106. The third kappa shape index (κ3) is 56.2. The number of nitrogens with zero attached hydrogens (tertiary/aromatic N) is 6. The monoisotopic (exact) mass is 1670 g/mol. The van der Waals surface area contributed by atoms with Gasteiger partial charge in [0, 0.05) is 156 Å². The van der Waals surface area contributed by atoms with Gasteiger partial charge in [0.25, 0.3) is 0 Å². The van der Waals surface area contributed by atoms with Crippen molar-refractivity contribution in [1.29, 1.82) is 0 Å². The van der Waals surface area contributed by atoms with Crippen molar-refractivity contribution in [1.82, 2.24) is 56.0 Å². The molecule has 9 N–H and O–H groups in total. The fraction of sp³-hybridized carbons (Fsp3) is 0.700. The molecule has 0 rings (SSSR count). The molecule has 0 aromatic heterocycles. The summed E-state index contributed by atoms with van der Waals surface area (Å²) >= 11 is 0. The molecule has 2 unspecified atom stereocenters. The van der Waals surface area contributed by atoms with Gasteiger partial charge in [0.1, 0.15) is 6.04 Å². The Balaban J connectivity index is -0.00000252. The number of aliphatic carboxylic acids is 10. The van der Waals surface area contributed by atoms with Gasteiger partial charge in [0.15, 0.2) is 0 Å². The van der Waals surface area contributed by atoms with E-state index in [0.717, 1.165) is 29.4 Å². The van der Waals surface area contributed by atoms with E-state index in [-0.39, 0.29) is 269 Å². The van der Waals surface area contributed by atoms with E-state index in [1.807, 2.05) is 0 Å². The predicted molar refractivity (Wildman–Crippen MR) is 273 cm³/mol. The maximum absolute atomic E-state index is 12.8.